The van der Waals surface area contributed by atoms with Gasteiger partial charge in [-0.15, -0.1) is 0 Å². The molecule has 1 aromatic rings. The van der Waals surface area contributed by atoms with Gasteiger partial charge in [-0.25, -0.2) is 4.79 Å². The van der Waals surface area contributed by atoms with Gasteiger partial charge >= 0.3 is 5.69 Å². The number of aliphatic hydroxyl groups is 4. The molecule has 8 N–H and O–H groups in total. The summed E-state index contributed by atoms with van der Waals surface area (Å²) in [6, 6.07) is -0.270. The van der Waals surface area contributed by atoms with Crippen molar-refractivity contribution in [2.75, 3.05) is 33.7 Å². The van der Waals surface area contributed by atoms with E-state index in [1.165, 1.54) is 26.3 Å². The molecule has 0 radical (unpaired) electrons. The highest BCUT2D eigenvalue weighted by Gasteiger charge is 2.55. The average molecular weight is 683 g/mol. The third-order valence-corrected chi connectivity index (χ3v) is 9.17. The molecule has 4 heterocycles. The Hall–Kier alpha value is -3.00. The number of rotatable bonds is 15. The van der Waals surface area contributed by atoms with Gasteiger partial charge in [-0.2, -0.15) is 0 Å². The largest absolute Gasteiger partial charge is 0.387 e. The molecule has 3 aliphatic heterocycles. The van der Waals surface area contributed by atoms with E-state index >= 15 is 0 Å². The lowest BCUT2D eigenvalue weighted by atomic mass is 9.97. The first kappa shape index (κ1) is 37.8. The third-order valence-electron chi connectivity index (χ3n) is 9.17. The number of aromatic amines is 1. The highest BCUT2D eigenvalue weighted by Crippen LogP contribution is 2.36. The fourth-order valence-electron chi connectivity index (χ4n) is 6.32. The summed E-state index contributed by atoms with van der Waals surface area (Å²) >= 11 is 0. The van der Waals surface area contributed by atoms with Crippen molar-refractivity contribution in [3.63, 3.8) is 0 Å². The molecule has 17 heteroatoms. The second kappa shape index (κ2) is 17.1. The molecule has 0 aromatic carbocycles. The minimum absolute atomic E-state index is 0.0666. The van der Waals surface area contributed by atoms with Gasteiger partial charge in [0.1, 0.15) is 54.5 Å². The molecule has 270 valence electrons. The normalized spacial score (nSPS) is 31.9. The SMILES string of the molecule is CCCCCCCCCNC(=O)C1=CCN(C)[C@@H]([C@H](OC2OC(CN)C(O)C2O)C2OC(n3ccc(=O)[nH]c3=O)C(O)C2O)C(=O)N1C. The fraction of sp³-hybridized carbons (Fsp3) is 0.742. The van der Waals surface area contributed by atoms with Gasteiger partial charge in [0.05, 0.1) is 0 Å². The summed E-state index contributed by atoms with van der Waals surface area (Å²) in [7, 11) is 3.00. The Bertz CT molecular complexity index is 1390. The van der Waals surface area contributed by atoms with Crippen molar-refractivity contribution in [2.24, 2.45) is 5.73 Å². The summed E-state index contributed by atoms with van der Waals surface area (Å²) in [5.74, 6) is -1.09. The quantitative estimate of drug-likeness (QED) is 0.0946. The van der Waals surface area contributed by atoms with Gasteiger partial charge in [0, 0.05) is 38.9 Å². The van der Waals surface area contributed by atoms with E-state index in [1.54, 1.807) is 18.0 Å². The van der Waals surface area contributed by atoms with Crippen LogP contribution in [0.3, 0.4) is 0 Å². The van der Waals surface area contributed by atoms with E-state index in [-0.39, 0.29) is 18.8 Å². The van der Waals surface area contributed by atoms with Gasteiger partial charge in [-0.1, -0.05) is 45.4 Å². The van der Waals surface area contributed by atoms with Crippen LogP contribution in [0.15, 0.2) is 33.6 Å². The minimum Gasteiger partial charge on any atom is -0.387 e. The summed E-state index contributed by atoms with van der Waals surface area (Å²) in [6.45, 7) is 2.50. The van der Waals surface area contributed by atoms with Gasteiger partial charge in [0.15, 0.2) is 12.5 Å². The van der Waals surface area contributed by atoms with E-state index in [2.05, 4.69) is 17.2 Å². The number of carbonyl (C=O) groups excluding carboxylic acids is 2. The molecule has 0 spiro atoms. The number of nitrogens with two attached hydrogens (primary N) is 1. The fourth-order valence-corrected chi connectivity index (χ4v) is 6.32. The van der Waals surface area contributed by atoms with Gasteiger partial charge in [0.2, 0.25) is 5.91 Å². The smallest absolute Gasteiger partial charge is 0.330 e. The standard InChI is InChI=1S/C31H50N6O11/c1-4-5-6-7-8-9-10-13-33-27(43)17-11-14-35(2)20(28(44)36(17)3)25(48-30-24(42)21(39)18(16-32)46-30)26-22(40)23(41)29(47-26)37-15-12-19(38)34-31(37)45/h11-12,15,18,20-26,29-30,39-42H,4-10,13-14,16,32H2,1-3H3,(H,33,43)(H,34,38,45)/t18?,20-,21?,22?,23?,24?,25-,26?,29?,30?/m0/s1. The van der Waals surface area contributed by atoms with Crippen LogP contribution in [-0.2, 0) is 23.8 Å². The highest BCUT2D eigenvalue weighted by atomic mass is 16.7. The topological polar surface area (TPSA) is 242 Å². The predicted octanol–water partition coefficient (Wildman–Crippen LogP) is -2.53. The van der Waals surface area contributed by atoms with Crippen LogP contribution in [0.25, 0.3) is 0 Å². The van der Waals surface area contributed by atoms with Crippen molar-refractivity contribution in [1.29, 1.82) is 0 Å². The molecule has 2 amide bonds. The van der Waals surface area contributed by atoms with Gasteiger partial charge in [0.25, 0.3) is 11.5 Å². The number of amides is 2. The second-order valence-electron chi connectivity index (χ2n) is 12.6. The Morgan fingerprint density at radius 1 is 1.02 bits per heavy atom. The zero-order chi connectivity index (χ0) is 35.1. The van der Waals surface area contributed by atoms with Crippen molar-refractivity contribution in [2.45, 2.75) is 113 Å². The Labute approximate surface area is 278 Å². The molecule has 1 aromatic heterocycles. The lowest BCUT2D eigenvalue weighted by Gasteiger charge is -2.38. The van der Waals surface area contributed by atoms with Gasteiger partial charge < -0.3 is 50.6 Å². The highest BCUT2D eigenvalue weighted by molar-refractivity contribution is 5.99. The molecule has 8 unspecified atom stereocenters. The number of nitrogens with one attached hydrogen (secondary N) is 2. The van der Waals surface area contributed by atoms with Crippen LogP contribution in [0.4, 0.5) is 0 Å². The van der Waals surface area contributed by atoms with E-state index in [9.17, 15) is 39.6 Å². The third kappa shape index (κ3) is 8.40. The number of likely N-dealkylation sites (N-methyl/N-ethyl adjacent to an activating group) is 2. The molecule has 2 fully saturated rings. The van der Waals surface area contributed by atoms with Crippen LogP contribution in [0, 0.1) is 0 Å². The maximum absolute atomic E-state index is 14.2. The van der Waals surface area contributed by atoms with Crippen LogP contribution >= 0.6 is 0 Å². The van der Waals surface area contributed by atoms with E-state index in [0.29, 0.717) is 6.54 Å². The van der Waals surface area contributed by atoms with E-state index in [0.717, 1.165) is 47.4 Å². The minimum atomic E-state index is -1.75. The number of hydrogen-bond donors (Lipinski definition) is 7. The van der Waals surface area contributed by atoms with Gasteiger partial charge in [-0.05, 0) is 19.5 Å². The Balaban J connectivity index is 1.56. The number of hydrogen-bond acceptors (Lipinski definition) is 13. The van der Waals surface area contributed by atoms with Crippen molar-refractivity contribution in [3.05, 3.63) is 44.9 Å². The molecule has 0 aliphatic carbocycles. The summed E-state index contributed by atoms with van der Waals surface area (Å²) in [6.07, 6.45) is -3.36. The van der Waals surface area contributed by atoms with Crippen molar-refractivity contribution in [1.82, 2.24) is 24.7 Å². The Morgan fingerprint density at radius 2 is 1.71 bits per heavy atom. The van der Waals surface area contributed by atoms with Crippen LogP contribution in [0.5, 0.6) is 0 Å². The first-order valence-corrected chi connectivity index (χ1v) is 16.6. The number of aromatic nitrogens is 2. The lowest BCUT2D eigenvalue weighted by molar-refractivity contribution is -0.232. The van der Waals surface area contributed by atoms with Crippen LogP contribution in [0.1, 0.15) is 58.1 Å². The first-order valence-electron chi connectivity index (χ1n) is 16.6. The van der Waals surface area contributed by atoms with Gasteiger partial charge in [-0.3, -0.25) is 28.8 Å². The van der Waals surface area contributed by atoms with Crippen LogP contribution in [0.2, 0.25) is 0 Å². The number of H-pyrrole nitrogens is 1. The predicted molar refractivity (Wildman–Crippen MR) is 170 cm³/mol. The molecule has 3 aliphatic rings. The molecular formula is C31H50N6O11. The van der Waals surface area contributed by atoms with E-state index in [4.69, 9.17) is 19.9 Å². The second-order valence-corrected chi connectivity index (χ2v) is 12.6. The number of nitrogens with zero attached hydrogens (tertiary/aromatic N) is 3. The van der Waals surface area contributed by atoms with Crippen molar-refractivity contribution in [3.8, 4) is 0 Å². The van der Waals surface area contributed by atoms with Crippen LogP contribution in [-0.4, -0.2) is 140 Å². The summed E-state index contributed by atoms with van der Waals surface area (Å²) in [5, 5.41) is 46.3. The van der Waals surface area contributed by atoms with E-state index < -0.39 is 84.4 Å². The van der Waals surface area contributed by atoms with Crippen LogP contribution < -0.4 is 22.3 Å². The molecule has 48 heavy (non-hydrogen) atoms. The van der Waals surface area contributed by atoms with Crippen molar-refractivity contribution < 1.29 is 44.2 Å². The number of carbonyl (C=O) groups is 2. The zero-order valence-corrected chi connectivity index (χ0v) is 27.6. The molecule has 0 saturated carbocycles. The molecule has 4 rings (SSSR count). The number of ether oxygens (including phenoxy) is 3. The number of aliphatic hydroxyl groups excluding tert-OH is 4. The Morgan fingerprint density at radius 3 is 2.35 bits per heavy atom. The van der Waals surface area contributed by atoms with E-state index in [1.807, 2.05) is 0 Å². The maximum atomic E-state index is 14.2. The zero-order valence-electron chi connectivity index (χ0n) is 27.6. The lowest BCUT2D eigenvalue weighted by Crippen LogP contribution is -2.59. The molecule has 10 atom stereocenters. The summed E-state index contributed by atoms with van der Waals surface area (Å²) in [4.78, 5) is 56.3. The molecule has 2 saturated heterocycles. The molecule has 17 nitrogen and oxygen atoms in total. The molecule has 0 bridgehead atoms. The summed E-state index contributed by atoms with van der Waals surface area (Å²) in [5.41, 5.74) is 4.16. The monoisotopic (exact) mass is 682 g/mol. The maximum Gasteiger partial charge on any atom is 0.330 e. The molecular weight excluding hydrogens is 632 g/mol. The summed E-state index contributed by atoms with van der Waals surface area (Å²) < 4.78 is 18.6. The number of unbranched alkanes of at least 4 members (excludes halogenated alkanes) is 6. The Kier molecular flexibility index (Phi) is 13.5. The van der Waals surface area contributed by atoms with Crippen molar-refractivity contribution >= 4 is 11.8 Å². The first-order chi connectivity index (χ1) is 22.9. The average Bonchev–Trinajstić information content (AvgIpc) is 3.46.